The van der Waals surface area contributed by atoms with Gasteiger partial charge in [0.25, 0.3) is 0 Å². The number of nitrogen functional groups attached to an aromatic ring is 1. The molecule has 3 nitrogen and oxygen atoms in total. The fourth-order valence-corrected chi connectivity index (χ4v) is 2.59. The summed E-state index contributed by atoms with van der Waals surface area (Å²) in [6.45, 7) is 4.47. The first-order chi connectivity index (χ1) is 7.65. The molecule has 1 heterocycles. The Morgan fingerprint density at radius 1 is 1.44 bits per heavy atom. The Kier molecular flexibility index (Phi) is 3.39. The molecule has 0 saturated carbocycles. The van der Waals surface area contributed by atoms with Crippen molar-refractivity contribution in [1.29, 1.82) is 0 Å². The summed E-state index contributed by atoms with van der Waals surface area (Å²) < 4.78 is 0. The number of imidazole rings is 1. The van der Waals surface area contributed by atoms with Crippen LogP contribution in [0, 0.1) is 5.92 Å². The number of hydrogen-bond donors (Lipinski definition) is 2. The molecule has 0 aliphatic heterocycles. The van der Waals surface area contributed by atoms with Gasteiger partial charge in [0.05, 0.1) is 11.0 Å². The molecule has 0 aliphatic carbocycles. The Balaban J connectivity index is 2.08. The third-order valence-electron chi connectivity index (χ3n) is 2.42. The molecule has 4 heteroatoms. The van der Waals surface area contributed by atoms with Crippen molar-refractivity contribution in [2.45, 2.75) is 25.4 Å². The van der Waals surface area contributed by atoms with Crippen LogP contribution >= 0.6 is 11.8 Å². The summed E-state index contributed by atoms with van der Waals surface area (Å²) in [6.07, 6.45) is 1.21. The Hall–Kier alpha value is -1.16. The van der Waals surface area contributed by atoms with Crippen LogP contribution in [0.3, 0.4) is 0 Å². The molecule has 0 amide bonds. The highest BCUT2D eigenvalue weighted by Gasteiger charge is 2.03. The Bertz CT molecular complexity index is 476. The lowest BCUT2D eigenvalue weighted by molar-refractivity contribution is 0.631. The van der Waals surface area contributed by atoms with Crippen LogP contribution in [0.1, 0.15) is 20.3 Å². The molecule has 3 N–H and O–H groups in total. The maximum absolute atomic E-state index is 5.72. The zero-order chi connectivity index (χ0) is 11.5. The quantitative estimate of drug-likeness (QED) is 0.631. The van der Waals surface area contributed by atoms with Crippen LogP contribution in [0.2, 0.25) is 0 Å². The molecule has 1 aromatic carbocycles. The van der Waals surface area contributed by atoms with Crippen molar-refractivity contribution in [3.8, 4) is 0 Å². The zero-order valence-electron chi connectivity index (χ0n) is 9.66. The molecule has 0 radical (unpaired) electrons. The van der Waals surface area contributed by atoms with E-state index in [4.69, 9.17) is 5.73 Å². The topological polar surface area (TPSA) is 54.7 Å². The average Bonchev–Trinajstić information content (AvgIpc) is 2.58. The van der Waals surface area contributed by atoms with E-state index in [-0.39, 0.29) is 0 Å². The Morgan fingerprint density at radius 3 is 3.00 bits per heavy atom. The van der Waals surface area contributed by atoms with E-state index in [1.807, 2.05) is 18.2 Å². The third kappa shape index (κ3) is 2.70. The lowest BCUT2D eigenvalue weighted by Crippen LogP contribution is -1.89. The highest BCUT2D eigenvalue weighted by Crippen LogP contribution is 2.22. The smallest absolute Gasteiger partial charge is 0.166 e. The number of rotatable bonds is 4. The van der Waals surface area contributed by atoms with Crippen LogP contribution < -0.4 is 5.73 Å². The predicted octanol–water partition coefficient (Wildman–Crippen LogP) is 3.28. The van der Waals surface area contributed by atoms with Crippen molar-refractivity contribution in [1.82, 2.24) is 9.97 Å². The molecule has 0 aliphatic rings. The number of aromatic nitrogens is 2. The monoisotopic (exact) mass is 235 g/mol. The highest BCUT2D eigenvalue weighted by molar-refractivity contribution is 7.99. The van der Waals surface area contributed by atoms with Gasteiger partial charge in [-0.05, 0) is 30.5 Å². The van der Waals surface area contributed by atoms with Gasteiger partial charge in [-0.2, -0.15) is 0 Å². The molecule has 0 spiro atoms. The summed E-state index contributed by atoms with van der Waals surface area (Å²) in [7, 11) is 0. The number of anilines is 1. The first-order valence-electron chi connectivity index (χ1n) is 5.53. The summed E-state index contributed by atoms with van der Waals surface area (Å²) in [4.78, 5) is 7.78. The van der Waals surface area contributed by atoms with Gasteiger partial charge >= 0.3 is 0 Å². The van der Waals surface area contributed by atoms with Crippen LogP contribution in [-0.2, 0) is 0 Å². The van der Waals surface area contributed by atoms with Crippen LogP contribution in [0.5, 0.6) is 0 Å². The Morgan fingerprint density at radius 2 is 2.25 bits per heavy atom. The van der Waals surface area contributed by atoms with Gasteiger partial charge in [0, 0.05) is 11.4 Å². The molecule has 1 aromatic heterocycles. The van der Waals surface area contributed by atoms with Gasteiger partial charge < -0.3 is 10.7 Å². The molecule has 2 aromatic rings. The number of H-pyrrole nitrogens is 1. The van der Waals surface area contributed by atoms with Gasteiger partial charge in [0.1, 0.15) is 0 Å². The number of hydrogen-bond acceptors (Lipinski definition) is 3. The molecular weight excluding hydrogens is 218 g/mol. The first-order valence-corrected chi connectivity index (χ1v) is 6.52. The summed E-state index contributed by atoms with van der Waals surface area (Å²) in [5, 5.41) is 0.987. The van der Waals surface area contributed by atoms with Crippen molar-refractivity contribution in [3.05, 3.63) is 18.2 Å². The van der Waals surface area contributed by atoms with Crippen molar-refractivity contribution in [2.24, 2.45) is 5.92 Å². The number of nitrogens with two attached hydrogens (primary N) is 1. The molecule has 0 bridgehead atoms. The minimum absolute atomic E-state index is 0.743. The van der Waals surface area contributed by atoms with Gasteiger partial charge in [-0.15, -0.1) is 0 Å². The first kappa shape index (κ1) is 11.3. The maximum Gasteiger partial charge on any atom is 0.166 e. The van der Waals surface area contributed by atoms with Crippen LogP contribution in [0.15, 0.2) is 23.4 Å². The largest absolute Gasteiger partial charge is 0.399 e. The van der Waals surface area contributed by atoms with Crippen molar-refractivity contribution < 1.29 is 0 Å². The molecule has 16 heavy (non-hydrogen) atoms. The molecule has 0 atom stereocenters. The second kappa shape index (κ2) is 4.78. The molecule has 2 rings (SSSR count). The standard InChI is InChI=1S/C12H17N3S/c1-8(2)5-6-16-12-14-10-4-3-9(13)7-11(10)15-12/h3-4,7-8H,5-6,13H2,1-2H3,(H,14,15). The van der Waals surface area contributed by atoms with E-state index in [1.165, 1.54) is 6.42 Å². The molecule has 0 unspecified atom stereocenters. The molecule has 0 saturated heterocycles. The molecule has 86 valence electrons. The predicted molar refractivity (Wildman–Crippen MR) is 70.7 cm³/mol. The number of nitrogens with one attached hydrogen (secondary N) is 1. The summed E-state index contributed by atoms with van der Waals surface area (Å²) >= 11 is 1.77. The number of fused-ring (bicyclic) bond motifs is 1. The van der Waals surface area contributed by atoms with Crippen molar-refractivity contribution in [3.63, 3.8) is 0 Å². The zero-order valence-corrected chi connectivity index (χ0v) is 10.5. The van der Waals surface area contributed by atoms with Crippen LogP contribution in [-0.4, -0.2) is 15.7 Å². The Labute approximate surface area is 99.8 Å². The van der Waals surface area contributed by atoms with Gasteiger partial charge in [-0.1, -0.05) is 25.6 Å². The van der Waals surface area contributed by atoms with Crippen LogP contribution in [0.25, 0.3) is 11.0 Å². The lowest BCUT2D eigenvalue weighted by Gasteiger charge is -2.01. The summed E-state index contributed by atoms with van der Waals surface area (Å²) in [5.74, 6) is 1.85. The summed E-state index contributed by atoms with van der Waals surface area (Å²) in [5.41, 5.74) is 8.50. The second-order valence-corrected chi connectivity index (χ2v) is 5.43. The van der Waals surface area contributed by atoms with E-state index >= 15 is 0 Å². The van der Waals surface area contributed by atoms with E-state index in [0.717, 1.165) is 33.5 Å². The van der Waals surface area contributed by atoms with E-state index in [1.54, 1.807) is 11.8 Å². The van der Waals surface area contributed by atoms with Crippen molar-refractivity contribution in [2.75, 3.05) is 11.5 Å². The van der Waals surface area contributed by atoms with Gasteiger partial charge in [0.2, 0.25) is 0 Å². The minimum Gasteiger partial charge on any atom is -0.399 e. The van der Waals surface area contributed by atoms with E-state index < -0.39 is 0 Å². The third-order valence-corrected chi connectivity index (χ3v) is 3.32. The fraction of sp³-hybridized carbons (Fsp3) is 0.417. The molecule has 0 fully saturated rings. The van der Waals surface area contributed by atoms with Crippen molar-refractivity contribution >= 4 is 28.5 Å². The fourth-order valence-electron chi connectivity index (χ4n) is 1.46. The van der Waals surface area contributed by atoms with E-state index in [0.29, 0.717) is 0 Å². The number of thioether (sulfide) groups is 1. The molecular formula is C12H17N3S. The van der Waals surface area contributed by atoms with Crippen LogP contribution in [0.4, 0.5) is 5.69 Å². The number of benzene rings is 1. The second-order valence-electron chi connectivity index (χ2n) is 4.35. The van der Waals surface area contributed by atoms with Gasteiger partial charge in [0.15, 0.2) is 5.16 Å². The maximum atomic E-state index is 5.72. The summed E-state index contributed by atoms with van der Waals surface area (Å²) in [6, 6.07) is 5.76. The normalized spacial score (nSPS) is 11.4. The SMILES string of the molecule is CC(C)CCSc1nc2ccc(N)cc2[nH]1. The number of aromatic amines is 1. The van der Waals surface area contributed by atoms with Gasteiger partial charge in [-0.3, -0.25) is 0 Å². The minimum atomic E-state index is 0.743. The van der Waals surface area contributed by atoms with Gasteiger partial charge in [-0.25, -0.2) is 4.98 Å². The number of nitrogens with zero attached hydrogens (tertiary/aromatic N) is 1. The lowest BCUT2D eigenvalue weighted by atomic mass is 10.2. The van der Waals surface area contributed by atoms with E-state index in [2.05, 4.69) is 23.8 Å². The average molecular weight is 235 g/mol. The highest BCUT2D eigenvalue weighted by atomic mass is 32.2. The van der Waals surface area contributed by atoms with E-state index in [9.17, 15) is 0 Å².